The number of rotatable bonds is 5. The number of pyridine rings is 1. The lowest BCUT2D eigenvalue weighted by Crippen LogP contribution is -2.54. The average molecular weight is 313 g/mol. The molecule has 1 fully saturated rings. The molecule has 1 aromatic rings. The van der Waals surface area contributed by atoms with Gasteiger partial charge in [-0.1, -0.05) is 19.3 Å². The Bertz CT molecular complexity index is 631. The van der Waals surface area contributed by atoms with Gasteiger partial charge >= 0.3 is 0 Å². The van der Waals surface area contributed by atoms with Crippen LogP contribution in [0, 0.1) is 0 Å². The highest BCUT2D eigenvalue weighted by Gasteiger charge is 2.35. The maximum Gasteiger partial charge on any atom is 0.245 e. The molecule has 0 bridgehead atoms. The van der Waals surface area contributed by atoms with Crippen LogP contribution in [0.2, 0.25) is 0 Å². The molecule has 7 heteroatoms. The van der Waals surface area contributed by atoms with Crippen LogP contribution in [0.4, 0.5) is 0 Å². The summed E-state index contributed by atoms with van der Waals surface area (Å²) >= 11 is 0. The van der Waals surface area contributed by atoms with Crippen LogP contribution in [0.3, 0.4) is 0 Å². The van der Waals surface area contributed by atoms with Crippen molar-refractivity contribution in [2.45, 2.75) is 42.5 Å². The van der Waals surface area contributed by atoms with Gasteiger partial charge in [-0.15, -0.1) is 0 Å². The van der Waals surface area contributed by atoms with Gasteiger partial charge in [0.1, 0.15) is 4.90 Å². The van der Waals surface area contributed by atoms with Crippen molar-refractivity contribution < 1.29 is 8.42 Å². The van der Waals surface area contributed by atoms with E-state index in [0.29, 0.717) is 6.54 Å². The highest BCUT2D eigenvalue weighted by atomic mass is 32.2. The van der Waals surface area contributed by atoms with Crippen LogP contribution in [0.25, 0.3) is 0 Å². The van der Waals surface area contributed by atoms with E-state index in [9.17, 15) is 13.2 Å². The van der Waals surface area contributed by atoms with Crippen molar-refractivity contribution in [3.05, 3.63) is 28.7 Å². The van der Waals surface area contributed by atoms with Gasteiger partial charge in [-0.3, -0.25) is 4.79 Å². The zero-order chi connectivity index (χ0) is 15.5. The first-order chi connectivity index (χ1) is 9.87. The number of H-pyrrole nitrogens is 1. The highest BCUT2D eigenvalue weighted by molar-refractivity contribution is 7.89. The Hall–Kier alpha value is -1.18. The molecule has 118 valence electrons. The van der Waals surface area contributed by atoms with Crippen LogP contribution in [0.15, 0.2) is 28.2 Å². The third kappa shape index (κ3) is 3.53. The van der Waals surface area contributed by atoms with Crippen molar-refractivity contribution in [3.63, 3.8) is 0 Å². The van der Waals surface area contributed by atoms with E-state index in [2.05, 4.69) is 14.6 Å². The number of sulfonamides is 1. The van der Waals surface area contributed by atoms with E-state index >= 15 is 0 Å². The fraction of sp³-hybridized carbons (Fsp3) is 0.643. The minimum absolute atomic E-state index is 0.160. The first-order valence-electron chi connectivity index (χ1n) is 7.22. The molecule has 0 saturated heterocycles. The SMILES string of the molecule is CN(C)C1(CNS(=O)(=O)c2c[nH]ccc2=O)CCCCC1. The molecule has 1 aromatic heterocycles. The lowest BCUT2D eigenvalue weighted by atomic mass is 9.81. The zero-order valence-corrected chi connectivity index (χ0v) is 13.4. The first kappa shape index (κ1) is 16.2. The second kappa shape index (κ2) is 6.29. The summed E-state index contributed by atoms with van der Waals surface area (Å²) in [6.07, 6.45) is 7.98. The molecule has 0 aromatic carbocycles. The molecular formula is C14H23N3O3S. The highest BCUT2D eigenvalue weighted by Crippen LogP contribution is 2.31. The molecule has 1 aliphatic rings. The van der Waals surface area contributed by atoms with Crippen molar-refractivity contribution in [1.29, 1.82) is 0 Å². The standard InChI is InChI=1S/C14H23N3O3S/c1-17(2)14(7-4-3-5-8-14)11-16-21(19,20)13-10-15-9-6-12(13)18/h6,9-10,16H,3-5,7-8,11H2,1-2H3,(H,15,18). The molecule has 1 aliphatic carbocycles. The maximum atomic E-state index is 12.3. The van der Waals surface area contributed by atoms with Crippen molar-refractivity contribution in [2.24, 2.45) is 0 Å². The molecule has 1 saturated carbocycles. The van der Waals surface area contributed by atoms with Crippen LogP contribution < -0.4 is 10.2 Å². The van der Waals surface area contributed by atoms with E-state index in [-0.39, 0.29) is 10.4 Å². The Morgan fingerprint density at radius 1 is 1.29 bits per heavy atom. The van der Waals surface area contributed by atoms with Gasteiger partial charge in [0.05, 0.1) is 0 Å². The summed E-state index contributed by atoms with van der Waals surface area (Å²) in [4.78, 5) is 16.2. The van der Waals surface area contributed by atoms with Gasteiger partial charge in [-0.2, -0.15) is 0 Å². The topological polar surface area (TPSA) is 82.3 Å². The molecule has 0 spiro atoms. The van der Waals surface area contributed by atoms with E-state index in [1.54, 1.807) is 0 Å². The second-order valence-corrected chi connectivity index (χ2v) is 7.61. The van der Waals surface area contributed by atoms with Crippen molar-refractivity contribution in [3.8, 4) is 0 Å². The molecule has 0 aliphatic heterocycles. The van der Waals surface area contributed by atoms with Gasteiger partial charge in [0, 0.05) is 30.5 Å². The molecule has 2 N–H and O–H groups in total. The van der Waals surface area contributed by atoms with E-state index in [1.807, 2.05) is 14.1 Å². The molecule has 2 rings (SSSR count). The fourth-order valence-electron chi connectivity index (χ4n) is 2.91. The minimum atomic E-state index is -3.78. The van der Waals surface area contributed by atoms with Crippen LogP contribution in [-0.2, 0) is 10.0 Å². The summed E-state index contributed by atoms with van der Waals surface area (Å²) in [5.74, 6) is 0. The Balaban J connectivity index is 2.17. The third-order valence-corrected chi connectivity index (χ3v) is 5.82. The van der Waals surface area contributed by atoms with Gasteiger partial charge in [0.25, 0.3) is 0 Å². The van der Waals surface area contributed by atoms with Gasteiger partial charge in [0.2, 0.25) is 15.5 Å². The van der Waals surface area contributed by atoms with Gasteiger partial charge < -0.3 is 9.88 Å². The molecule has 21 heavy (non-hydrogen) atoms. The van der Waals surface area contributed by atoms with Crippen LogP contribution in [0.1, 0.15) is 32.1 Å². The zero-order valence-electron chi connectivity index (χ0n) is 12.6. The molecular weight excluding hydrogens is 290 g/mol. The normalized spacial score (nSPS) is 18.8. The molecule has 0 unspecified atom stereocenters. The number of likely N-dealkylation sites (N-methyl/N-ethyl adjacent to an activating group) is 1. The Morgan fingerprint density at radius 2 is 1.95 bits per heavy atom. The number of aromatic nitrogens is 1. The van der Waals surface area contributed by atoms with Gasteiger partial charge in [0.15, 0.2) is 0 Å². The summed E-state index contributed by atoms with van der Waals surface area (Å²) in [6.45, 7) is 0.330. The van der Waals surface area contributed by atoms with Crippen LogP contribution >= 0.6 is 0 Å². The first-order valence-corrected chi connectivity index (χ1v) is 8.70. The van der Waals surface area contributed by atoms with Crippen molar-refractivity contribution >= 4 is 10.0 Å². The van der Waals surface area contributed by atoms with Crippen molar-refractivity contribution in [2.75, 3.05) is 20.6 Å². The predicted molar refractivity (Wildman–Crippen MR) is 81.8 cm³/mol. The molecule has 0 radical (unpaired) electrons. The Kier molecular flexibility index (Phi) is 4.85. The maximum absolute atomic E-state index is 12.3. The smallest absolute Gasteiger partial charge is 0.245 e. The summed E-state index contributed by atoms with van der Waals surface area (Å²) in [6, 6.07) is 1.22. The summed E-state index contributed by atoms with van der Waals surface area (Å²) in [5, 5.41) is 0. The Labute approximate surface area is 125 Å². The predicted octanol–water partition coefficient (Wildman–Crippen LogP) is 0.918. The summed E-state index contributed by atoms with van der Waals surface area (Å²) in [5.41, 5.74) is -0.656. The minimum Gasteiger partial charge on any atom is -0.366 e. The number of nitrogens with zero attached hydrogens (tertiary/aromatic N) is 1. The third-order valence-electron chi connectivity index (χ3n) is 4.40. The average Bonchev–Trinajstić information content (AvgIpc) is 2.46. The number of aromatic amines is 1. The molecule has 6 nitrogen and oxygen atoms in total. The second-order valence-electron chi connectivity index (χ2n) is 5.88. The van der Waals surface area contributed by atoms with E-state index < -0.39 is 15.5 Å². The van der Waals surface area contributed by atoms with E-state index in [0.717, 1.165) is 25.7 Å². The van der Waals surface area contributed by atoms with Crippen molar-refractivity contribution in [1.82, 2.24) is 14.6 Å². The number of nitrogens with one attached hydrogen (secondary N) is 2. The van der Waals surface area contributed by atoms with Crippen LogP contribution in [-0.4, -0.2) is 44.5 Å². The fourth-order valence-corrected chi connectivity index (χ4v) is 4.08. The molecule has 1 heterocycles. The summed E-state index contributed by atoms with van der Waals surface area (Å²) in [7, 11) is 0.180. The van der Waals surface area contributed by atoms with Crippen LogP contribution in [0.5, 0.6) is 0 Å². The van der Waals surface area contributed by atoms with Gasteiger partial charge in [-0.05, 0) is 26.9 Å². The number of hydrogen-bond donors (Lipinski definition) is 2. The van der Waals surface area contributed by atoms with E-state index in [4.69, 9.17) is 0 Å². The molecule has 0 atom stereocenters. The lowest BCUT2D eigenvalue weighted by Gasteiger charge is -2.43. The summed E-state index contributed by atoms with van der Waals surface area (Å²) < 4.78 is 27.2. The van der Waals surface area contributed by atoms with E-state index in [1.165, 1.54) is 24.9 Å². The number of hydrogen-bond acceptors (Lipinski definition) is 4. The largest absolute Gasteiger partial charge is 0.366 e. The lowest BCUT2D eigenvalue weighted by molar-refractivity contribution is 0.105. The monoisotopic (exact) mass is 313 g/mol. The van der Waals surface area contributed by atoms with Gasteiger partial charge in [-0.25, -0.2) is 13.1 Å². The Morgan fingerprint density at radius 3 is 2.52 bits per heavy atom. The quantitative estimate of drug-likeness (QED) is 0.847. The molecule has 0 amide bonds.